The van der Waals surface area contributed by atoms with Gasteiger partial charge in [0.25, 0.3) is 0 Å². The van der Waals surface area contributed by atoms with Crippen molar-refractivity contribution in [2.45, 2.75) is 13.1 Å². The van der Waals surface area contributed by atoms with Crippen LogP contribution in [-0.2, 0) is 13.1 Å². The van der Waals surface area contributed by atoms with Gasteiger partial charge in [0, 0.05) is 18.1 Å². The van der Waals surface area contributed by atoms with Crippen LogP contribution in [0.3, 0.4) is 0 Å². The molecule has 0 radical (unpaired) electrons. The fraction of sp³-hybridized carbons (Fsp3) is 0.214. The zero-order chi connectivity index (χ0) is 12.5. The molecule has 0 unspecified atom stereocenters. The summed E-state index contributed by atoms with van der Waals surface area (Å²) in [6.07, 6.45) is 0. The molecule has 0 fully saturated rings. The van der Waals surface area contributed by atoms with Gasteiger partial charge in [0.1, 0.15) is 0 Å². The lowest BCUT2D eigenvalue weighted by atomic mass is 10.1. The molecule has 18 heavy (non-hydrogen) atoms. The lowest BCUT2D eigenvalue weighted by Gasteiger charge is -2.26. The number of fused-ring (bicyclic) bond motifs is 1. The van der Waals surface area contributed by atoms with E-state index in [2.05, 4.69) is 4.90 Å². The predicted molar refractivity (Wildman–Crippen MR) is 74.2 cm³/mol. The fourth-order valence-corrected chi connectivity index (χ4v) is 3.30. The molecule has 2 heterocycles. The van der Waals surface area contributed by atoms with E-state index in [0.29, 0.717) is 6.54 Å². The molecule has 3 rings (SSSR count). The number of rotatable bonds is 2. The van der Waals surface area contributed by atoms with E-state index in [4.69, 9.17) is 11.6 Å². The standard InChI is InChI=1S/C14H12ClNOS/c15-12-4-2-1-3-10(12)7-16-8-11-5-6-18-14(11)13(17)9-16/h1-6H,7-9H2. The van der Waals surface area contributed by atoms with Crippen molar-refractivity contribution in [3.8, 4) is 0 Å². The fourth-order valence-electron chi connectivity index (χ4n) is 2.26. The molecule has 2 nitrogen and oxygen atoms in total. The average molecular weight is 278 g/mol. The van der Waals surface area contributed by atoms with Crippen molar-refractivity contribution in [3.63, 3.8) is 0 Å². The van der Waals surface area contributed by atoms with Gasteiger partial charge in [-0.15, -0.1) is 11.3 Å². The van der Waals surface area contributed by atoms with Gasteiger partial charge in [-0.1, -0.05) is 29.8 Å². The highest BCUT2D eigenvalue weighted by atomic mass is 35.5. The third-order valence-electron chi connectivity index (χ3n) is 3.11. The van der Waals surface area contributed by atoms with E-state index in [0.717, 1.165) is 34.1 Å². The number of halogens is 1. The van der Waals surface area contributed by atoms with Crippen LogP contribution in [-0.4, -0.2) is 17.2 Å². The van der Waals surface area contributed by atoms with Crippen LogP contribution in [0.4, 0.5) is 0 Å². The number of thiophene rings is 1. The molecule has 0 bridgehead atoms. The van der Waals surface area contributed by atoms with Crippen LogP contribution in [0.5, 0.6) is 0 Å². The predicted octanol–water partition coefficient (Wildman–Crippen LogP) is 3.60. The van der Waals surface area contributed by atoms with Gasteiger partial charge in [0.2, 0.25) is 0 Å². The van der Waals surface area contributed by atoms with Crippen molar-refractivity contribution in [1.82, 2.24) is 4.90 Å². The quantitative estimate of drug-likeness (QED) is 0.836. The summed E-state index contributed by atoms with van der Waals surface area (Å²) in [4.78, 5) is 15.0. The number of hydrogen-bond donors (Lipinski definition) is 0. The molecular formula is C14H12ClNOS. The topological polar surface area (TPSA) is 20.3 Å². The van der Waals surface area contributed by atoms with Crippen molar-refractivity contribution >= 4 is 28.7 Å². The van der Waals surface area contributed by atoms with Gasteiger partial charge in [-0.05, 0) is 28.6 Å². The summed E-state index contributed by atoms with van der Waals surface area (Å²) in [6, 6.07) is 9.83. The summed E-state index contributed by atoms with van der Waals surface area (Å²) in [5.41, 5.74) is 2.22. The average Bonchev–Trinajstić information content (AvgIpc) is 2.81. The maximum Gasteiger partial charge on any atom is 0.187 e. The maximum absolute atomic E-state index is 12.0. The lowest BCUT2D eigenvalue weighted by Crippen LogP contribution is -2.33. The summed E-state index contributed by atoms with van der Waals surface area (Å²) in [6.45, 7) is 2.04. The zero-order valence-electron chi connectivity index (χ0n) is 9.73. The van der Waals surface area contributed by atoms with E-state index in [9.17, 15) is 4.79 Å². The van der Waals surface area contributed by atoms with Crippen LogP contribution in [0.15, 0.2) is 35.7 Å². The van der Waals surface area contributed by atoms with Crippen molar-refractivity contribution in [1.29, 1.82) is 0 Å². The van der Waals surface area contributed by atoms with Crippen LogP contribution >= 0.6 is 22.9 Å². The molecule has 0 amide bonds. The SMILES string of the molecule is O=C1CN(Cc2ccccc2Cl)Cc2ccsc21. The van der Waals surface area contributed by atoms with Gasteiger partial charge < -0.3 is 0 Å². The first-order valence-corrected chi connectivity index (χ1v) is 7.05. The Morgan fingerprint density at radius 3 is 2.89 bits per heavy atom. The number of ketones is 1. The molecule has 0 atom stereocenters. The molecule has 0 spiro atoms. The van der Waals surface area contributed by atoms with Crippen LogP contribution in [0.1, 0.15) is 20.8 Å². The van der Waals surface area contributed by atoms with Crippen molar-refractivity contribution < 1.29 is 4.79 Å². The largest absolute Gasteiger partial charge is 0.292 e. The third-order valence-corrected chi connectivity index (χ3v) is 4.48. The molecule has 1 aromatic carbocycles. The van der Waals surface area contributed by atoms with Crippen LogP contribution in [0.2, 0.25) is 5.02 Å². The molecular weight excluding hydrogens is 266 g/mol. The van der Waals surface area contributed by atoms with Crippen molar-refractivity contribution in [3.05, 3.63) is 56.7 Å². The maximum atomic E-state index is 12.0. The Kier molecular flexibility index (Phi) is 3.20. The second-order valence-electron chi connectivity index (χ2n) is 4.43. The van der Waals surface area contributed by atoms with Gasteiger partial charge >= 0.3 is 0 Å². The Labute approximate surface area is 115 Å². The highest BCUT2D eigenvalue weighted by Crippen LogP contribution is 2.26. The van der Waals surface area contributed by atoms with Crippen molar-refractivity contribution in [2.24, 2.45) is 0 Å². The zero-order valence-corrected chi connectivity index (χ0v) is 11.3. The van der Waals surface area contributed by atoms with E-state index in [1.54, 1.807) is 11.3 Å². The normalized spacial score (nSPS) is 15.7. The highest BCUT2D eigenvalue weighted by Gasteiger charge is 2.24. The first-order valence-electron chi connectivity index (χ1n) is 5.79. The second-order valence-corrected chi connectivity index (χ2v) is 5.76. The molecule has 0 saturated heterocycles. The van der Waals surface area contributed by atoms with Gasteiger partial charge in [0.15, 0.2) is 5.78 Å². The summed E-state index contributed by atoms with van der Waals surface area (Å²) < 4.78 is 0. The minimum absolute atomic E-state index is 0.221. The molecule has 2 aromatic rings. The Bertz CT molecular complexity index is 593. The van der Waals surface area contributed by atoms with E-state index in [1.807, 2.05) is 35.7 Å². The highest BCUT2D eigenvalue weighted by molar-refractivity contribution is 7.12. The van der Waals surface area contributed by atoms with E-state index >= 15 is 0 Å². The summed E-state index contributed by atoms with van der Waals surface area (Å²) >= 11 is 7.69. The summed E-state index contributed by atoms with van der Waals surface area (Å²) in [5.74, 6) is 0.221. The lowest BCUT2D eigenvalue weighted by molar-refractivity contribution is 0.0900. The van der Waals surface area contributed by atoms with Gasteiger partial charge in [-0.2, -0.15) is 0 Å². The molecule has 0 saturated carbocycles. The number of benzene rings is 1. The van der Waals surface area contributed by atoms with Crippen LogP contribution in [0.25, 0.3) is 0 Å². The Morgan fingerprint density at radius 2 is 2.06 bits per heavy atom. The summed E-state index contributed by atoms with van der Waals surface area (Å²) in [5, 5.41) is 2.75. The van der Waals surface area contributed by atoms with Gasteiger partial charge in [0.05, 0.1) is 11.4 Å². The molecule has 1 aromatic heterocycles. The van der Waals surface area contributed by atoms with Gasteiger partial charge in [-0.25, -0.2) is 0 Å². The van der Waals surface area contributed by atoms with E-state index in [-0.39, 0.29) is 5.78 Å². The number of carbonyl (C=O) groups is 1. The summed E-state index contributed by atoms with van der Waals surface area (Å²) in [7, 11) is 0. The molecule has 92 valence electrons. The minimum atomic E-state index is 0.221. The number of nitrogens with zero attached hydrogens (tertiary/aromatic N) is 1. The van der Waals surface area contributed by atoms with Crippen molar-refractivity contribution in [2.75, 3.05) is 6.54 Å². The minimum Gasteiger partial charge on any atom is -0.292 e. The van der Waals surface area contributed by atoms with E-state index in [1.165, 1.54) is 0 Å². The number of Topliss-reactive ketones (excluding diaryl/α,β-unsaturated/α-hetero) is 1. The van der Waals surface area contributed by atoms with Gasteiger partial charge in [-0.3, -0.25) is 9.69 Å². The Balaban J connectivity index is 1.81. The number of hydrogen-bond acceptors (Lipinski definition) is 3. The second kappa shape index (κ2) is 4.84. The molecule has 4 heteroatoms. The first kappa shape index (κ1) is 11.9. The molecule has 1 aliphatic heterocycles. The number of carbonyl (C=O) groups excluding carboxylic acids is 1. The Morgan fingerprint density at radius 1 is 1.22 bits per heavy atom. The first-order chi connectivity index (χ1) is 8.74. The Hall–Kier alpha value is -1.16. The third kappa shape index (κ3) is 2.21. The smallest absolute Gasteiger partial charge is 0.187 e. The molecule has 1 aliphatic rings. The molecule has 0 aliphatic carbocycles. The van der Waals surface area contributed by atoms with E-state index < -0.39 is 0 Å². The van der Waals surface area contributed by atoms with Crippen LogP contribution in [0, 0.1) is 0 Å². The molecule has 0 N–H and O–H groups in total. The van der Waals surface area contributed by atoms with Crippen LogP contribution < -0.4 is 0 Å². The monoisotopic (exact) mass is 277 g/mol.